The topological polar surface area (TPSA) is 55.6 Å². The molecule has 0 aliphatic heterocycles. The molecule has 0 spiro atoms. The van der Waals surface area contributed by atoms with Crippen molar-refractivity contribution in [2.45, 2.75) is 20.3 Å². The molecule has 0 atom stereocenters. The summed E-state index contributed by atoms with van der Waals surface area (Å²) in [6.45, 7) is 5.43. The van der Waals surface area contributed by atoms with Crippen molar-refractivity contribution in [2.75, 3.05) is 24.6 Å². The maximum absolute atomic E-state index is 11.8. The normalized spacial score (nSPS) is 10.1. The number of carbonyl (C=O) groups is 1. The molecule has 0 saturated heterocycles. The van der Waals surface area contributed by atoms with Crippen LogP contribution in [0.1, 0.15) is 20.3 Å². The standard InChI is InChI=1S/C13H20N2O2/c1-3-13(16)15(10-9-14)11-5-7-12(8-6-11)17-4-2/h5-8H,3-4,9-10,14H2,1-2H3. The molecule has 2 N–H and O–H groups in total. The highest BCUT2D eigenvalue weighted by Gasteiger charge is 2.12. The van der Waals surface area contributed by atoms with Gasteiger partial charge in [-0.15, -0.1) is 0 Å². The fourth-order valence-electron chi connectivity index (χ4n) is 1.61. The third kappa shape index (κ3) is 3.75. The lowest BCUT2D eigenvalue weighted by molar-refractivity contribution is -0.118. The summed E-state index contributed by atoms with van der Waals surface area (Å²) in [6.07, 6.45) is 0.479. The maximum Gasteiger partial charge on any atom is 0.226 e. The summed E-state index contributed by atoms with van der Waals surface area (Å²) in [5, 5.41) is 0. The predicted molar refractivity (Wildman–Crippen MR) is 69.3 cm³/mol. The molecular weight excluding hydrogens is 216 g/mol. The van der Waals surface area contributed by atoms with Crippen LogP contribution in [0.2, 0.25) is 0 Å². The second kappa shape index (κ2) is 6.91. The van der Waals surface area contributed by atoms with E-state index in [9.17, 15) is 4.79 Å². The van der Waals surface area contributed by atoms with Crippen LogP contribution >= 0.6 is 0 Å². The largest absolute Gasteiger partial charge is 0.494 e. The van der Waals surface area contributed by atoms with Crippen LogP contribution in [0.15, 0.2) is 24.3 Å². The molecule has 0 aliphatic carbocycles. The molecule has 0 aromatic heterocycles. The number of hydrogen-bond acceptors (Lipinski definition) is 3. The van der Waals surface area contributed by atoms with E-state index in [4.69, 9.17) is 10.5 Å². The van der Waals surface area contributed by atoms with Gasteiger partial charge in [-0.05, 0) is 31.2 Å². The lowest BCUT2D eigenvalue weighted by atomic mass is 10.2. The molecule has 0 fully saturated rings. The van der Waals surface area contributed by atoms with E-state index in [1.54, 1.807) is 4.90 Å². The van der Waals surface area contributed by atoms with Crippen molar-refractivity contribution < 1.29 is 9.53 Å². The second-order valence-corrected chi connectivity index (χ2v) is 3.61. The van der Waals surface area contributed by atoms with Crippen molar-refractivity contribution in [3.8, 4) is 5.75 Å². The Hall–Kier alpha value is -1.55. The highest BCUT2D eigenvalue weighted by atomic mass is 16.5. The summed E-state index contributed by atoms with van der Waals surface area (Å²) in [6, 6.07) is 7.50. The van der Waals surface area contributed by atoms with Crippen molar-refractivity contribution in [3.05, 3.63) is 24.3 Å². The molecule has 4 heteroatoms. The summed E-state index contributed by atoms with van der Waals surface area (Å²) in [7, 11) is 0. The summed E-state index contributed by atoms with van der Waals surface area (Å²) in [4.78, 5) is 13.5. The Labute approximate surface area is 102 Å². The lowest BCUT2D eigenvalue weighted by Crippen LogP contribution is -2.34. The van der Waals surface area contributed by atoms with E-state index in [1.807, 2.05) is 38.1 Å². The van der Waals surface area contributed by atoms with Crippen molar-refractivity contribution in [1.29, 1.82) is 0 Å². The SMILES string of the molecule is CCOc1ccc(N(CCN)C(=O)CC)cc1. The van der Waals surface area contributed by atoms with E-state index in [2.05, 4.69) is 0 Å². The van der Waals surface area contributed by atoms with Gasteiger partial charge in [-0.1, -0.05) is 6.92 Å². The Morgan fingerprint density at radius 3 is 2.41 bits per heavy atom. The van der Waals surface area contributed by atoms with Gasteiger partial charge in [-0.3, -0.25) is 4.79 Å². The van der Waals surface area contributed by atoms with E-state index in [-0.39, 0.29) is 5.91 Å². The number of nitrogens with two attached hydrogens (primary N) is 1. The van der Waals surface area contributed by atoms with Gasteiger partial charge in [0.05, 0.1) is 6.61 Å². The third-order valence-electron chi connectivity index (χ3n) is 2.42. The number of benzene rings is 1. The number of carbonyl (C=O) groups excluding carboxylic acids is 1. The van der Waals surface area contributed by atoms with Gasteiger partial charge in [0, 0.05) is 25.2 Å². The zero-order valence-corrected chi connectivity index (χ0v) is 10.5. The molecule has 4 nitrogen and oxygen atoms in total. The first-order valence-electron chi connectivity index (χ1n) is 5.96. The maximum atomic E-state index is 11.8. The van der Waals surface area contributed by atoms with Gasteiger partial charge >= 0.3 is 0 Å². The van der Waals surface area contributed by atoms with E-state index in [0.717, 1.165) is 11.4 Å². The van der Waals surface area contributed by atoms with Crippen LogP contribution in [0.3, 0.4) is 0 Å². The van der Waals surface area contributed by atoms with Crippen molar-refractivity contribution >= 4 is 11.6 Å². The van der Waals surface area contributed by atoms with Crippen molar-refractivity contribution in [1.82, 2.24) is 0 Å². The van der Waals surface area contributed by atoms with Crippen LogP contribution in [0.25, 0.3) is 0 Å². The second-order valence-electron chi connectivity index (χ2n) is 3.61. The van der Waals surface area contributed by atoms with Crippen LogP contribution in [-0.4, -0.2) is 25.6 Å². The Morgan fingerprint density at radius 2 is 1.94 bits per heavy atom. The third-order valence-corrected chi connectivity index (χ3v) is 2.42. The first-order valence-corrected chi connectivity index (χ1v) is 5.96. The quantitative estimate of drug-likeness (QED) is 0.819. The number of amides is 1. The molecule has 0 heterocycles. The van der Waals surface area contributed by atoms with E-state index in [0.29, 0.717) is 26.1 Å². The zero-order chi connectivity index (χ0) is 12.7. The first-order chi connectivity index (χ1) is 8.22. The Balaban J connectivity index is 2.83. The first kappa shape index (κ1) is 13.5. The molecule has 94 valence electrons. The average molecular weight is 236 g/mol. The monoisotopic (exact) mass is 236 g/mol. The number of hydrogen-bond donors (Lipinski definition) is 1. The van der Waals surface area contributed by atoms with Gasteiger partial charge < -0.3 is 15.4 Å². The van der Waals surface area contributed by atoms with Crippen LogP contribution in [0, 0.1) is 0 Å². The molecule has 1 amide bonds. The smallest absolute Gasteiger partial charge is 0.226 e. The molecule has 0 saturated carbocycles. The van der Waals surface area contributed by atoms with E-state index in [1.165, 1.54) is 0 Å². The van der Waals surface area contributed by atoms with Gasteiger partial charge in [0.2, 0.25) is 5.91 Å². The zero-order valence-electron chi connectivity index (χ0n) is 10.5. The highest BCUT2D eigenvalue weighted by molar-refractivity contribution is 5.93. The van der Waals surface area contributed by atoms with E-state index < -0.39 is 0 Å². The Bertz CT molecular complexity index is 349. The van der Waals surface area contributed by atoms with Gasteiger partial charge in [-0.2, -0.15) is 0 Å². The molecule has 0 radical (unpaired) electrons. The number of rotatable bonds is 6. The fourth-order valence-corrected chi connectivity index (χ4v) is 1.61. The summed E-state index contributed by atoms with van der Waals surface area (Å²) >= 11 is 0. The molecular formula is C13H20N2O2. The van der Waals surface area contributed by atoms with Gasteiger partial charge in [0.15, 0.2) is 0 Å². The Morgan fingerprint density at radius 1 is 1.29 bits per heavy atom. The van der Waals surface area contributed by atoms with Crippen molar-refractivity contribution in [2.24, 2.45) is 5.73 Å². The van der Waals surface area contributed by atoms with Gasteiger partial charge in [0.1, 0.15) is 5.75 Å². The molecule has 0 aliphatic rings. The Kier molecular flexibility index (Phi) is 5.49. The highest BCUT2D eigenvalue weighted by Crippen LogP contribution is 2.19. The summed E-state index contributed by atoms with van der Waals surface area (Å²) in [5.74, 6) is 0.896. The molecule has 1 aromatic rings. The molecule has 17 heavy (non-hydrogen) atoms. The molecule has 0 unspecified atom stereocenters. The predicted octanol–water partition coefficient (Wildman–Crippen LogP) is 1.79. The van der Waals surface area contributed by atoms with Crippen molar-refractivity contribution in [3.63, 3.8) is 0 Å². The lowest BCUT2D eigenvalue weighted by Gasteiger charge is -2.21. The minimum atomic E-state index is 0.0830. The van der Waals surface area contributed by atoms with Gasteiger partial charge in [-0.25, -0.2) is 0 Å². The minimum Gasteiger partial charge on any atom is -0.494 e. The molecule has 0 bridgehead atoms. The fraction of sp³-hybridized carbons (Fsp3) is 0.462. The van der Waals surface area contributed by atoms with Crippen LogP contribution in [-0.2, 0) is 4.79 Å². The van der Waals surface area contributed by atoms with Crippen LogP contribution in [0.5, 0.6) is 5.75 Å². The van der Waals surface area contributed by atoms with Crippen LogP contribution in [0.4, 0.5) is 5.69 Å². The number of anilines is 1. The summed E-state index contributed by atoms with van der Waals surface area (Å²) in [5.41, 5.74) is 6.38. The number of ether oxygens (including phenoxy) is 1. The average Bonchev–Trinajstić information content (AvgIpc) is 2.37. The minimum absolute atomic E-state index is 0.0830. The summed E-state index contributed by atoms with van der Waals surface area (Å²) < 4.78 is 5.36. The molecule has 1 rings (SSSR count). The van der Waals surface area contributed by atoms with Gasteiger partial charge in [0.25, 0.3) is 0 Å². The van der Waals surface area contributed by atoms with E-state index >= 15 is 0 Å². The number of nitrogens with zero attached hydrogens (tertiary/aromatic N) is 1. The van der Waals surface area contributed by atoms with Crippen LogP contribution < -0.4 is 15.4 Å². The molecule has 1 aromatic carbocycles.